The maximum Gasteiger partial charge on any atom is 0.119 e. The number of hydrogen-bond acceptors (Lipinski definition) is 2. The Kier molecular flexibility index (Phi) is 8.87. The second-order valence-electron chi connectivity index (χ2n) is 9.34. The second-order valence-corrected chi connectivity index (χ2v) is 12.8. The lowest BCUT2D eigenvalue weighted by Gasteiger charge is -2.28. The van der Waals surface area contributed by atoms with E-state index in [9.17, 15) is 0 Å². The number of rotatable bonds is 12. The molecule has 5 aromatic carbocycles. The first-order valence-corrected chi connectivity index (χ1v) is 15.3. The normalized spacial score (nSPS) is 11.2. The zero-order valence-corrected chi connectivity index (χ0v) is 22.6. The summed E-state index contributed by atoms with van der Waals surface area (Å²) < 4.78 is 11.8. The van der Waals surface area contributed by atoms with Gasteiger partial charge in [0.15, 0.2) is 0 Å². The maximum absolute atomic E-state index is 6.05. The van der Waals surface area contributed by atoms with Gasteiger partial charge in [-0.3, -0.25) is 0 Å². The van der Waals surface area contributed by atoms with Crippen molar-refractivity contribution in [2.75, 3.05) is 13.2 Å². The van der Waals surface area contributed by atoms with Crippen LogP contribution in [0.1, 0.15) is 18.4 Å². The third kappa shape index (κ3) is 6.33. The first-order chi connectivity index (χ1) is 18.8. The van der Waals surface area contributed by atoms with Crippen molar-refractivity contribution in [3.63, 3.8) is 0 Å². The minimum Gasteiger partial charge on any atom is -0.494 e. The summed E-state index contributed by atoms with van der Waals surface area (Å²) in [5.74, 6) is 1.84. The van der Waals surface area contributed by atoms with E-state index in [0.29, 0.717) is 13.2 Å². The minimum atomic E-state index is -1.90. The van der Waals surface area contributed by atoms with Crippen molar-refractivity contribution in [1.29, 1.82) is 0 Å². The highest BCUT2D eigenvalue weighted by Crippen LogP contribution is 2.58. The summed E-state index contributed by atoms with van der Waals surface area (Å²) in [5, 5.41) is 4.20. The van der Waals surface area contributed by atoms with E-state index in [0.717, 1.165) is 30.5 Å². The van der Waals surface area contributed by atoms with E-state index in [-0.39, 0.29) is 0 Å². The number of hydrogen-bond donors (Lipinski definition) is 0. The molecule has 5 rings (SSSR count). The smallest absolute Gasteiger partial charge is 0.119 e. The molecule has 38 heavy (non-hydrogen) atoms. The van der Waals surface area contributed by atoms with E-state index >= 15 is 0 Å². The van der Waals surface area contributed by atoms with E-state index in [1.807, 2.05) is 30.3 Å². The van der Waals surface area contributed by atoms with Gasteiger partial charge in [0.2, 0.25) is 0 Å². The van der Waals surface area contributed by atoms with Gasteiger partial charge in [-0.2, -0.15) is 0 Å². The largest absolute Gasteiger partial charge is 0.494 e. The molecule has 0 N–H and O–H groups in total. The second kappa shape index (κ2) is 13.1. The van der Waals surface area contributed by atoms with Gasteiger partial charge < -0.3 is 9.47 Å². The Morgan fingerprint density at radius 2 is 0.763 bits per heavy atom. The number of para-hydroxylation sites is 1. The summed E-state index contributed by atoms with van der Waals surface area (Å²) >= 11 is 0. The van der Waals surface area contributed by atoms with E-state index in [2.05, 4.69) is 115 Å². The Labute approximate surface area is 227 Å². The van der Waals surface area contributed by atoms with Gasteiger partial charge in [-0.05, 0) is 79.1 Å². The number of unbranched alkanes of at least 4 members (excludes halogenated alkanes) is 1. The minimum absolute atomic E-state index is 0.687. The molecule has 190 valence electrons. The lowest BCUT2D eigenvalue weighted by molar-refractivity contribution is 0.266. The van der Waals surface area contributed by atoms with Crippen LogP contribution in [0.3, 0.4) is 0 Å². The molecule has 0 aliphatic rings. The van der Waals surface area contributed by atoms with Crippen molar-refractivity contribution in [3.05, 3.63) is 151 Å². The maximum atomic E-state index is 6.05. The van der Waals surface area contributed by atoms with Gasteiger partial charge in [0.05, 0.1) is 19.4 Å². The van der Waals surface area contributed by atoms with Gasteiger partial charge in [0.1, 0.15) is 34.7 Å². The Morgan fingerprint density at radius 1 is 0.395 bits per heavy atom. The lowest BCUT2D eigenvalue weighted by Crippen LogP contribution is -2.32. The van der Waals surface area contributed by atoms with Gasteiger partial charge in [0, 0.05) is 0 Å². The van der Waals surface area contributed by atoms with Crippen molar-refractivity contribution < 1.29 is 9.47 Å². The summed E-state index contributed by atoms with van der Waals surface area (Å²) in [6, 6.07) is 51.8. The van der Waals surface area contributed by atoms with Crippen molar-refractivity contribution in [1.82, 2.24) is 0 Å². The molecule has 0 atom stereocenters. The lowest BCUT2D eigenvalue weighted by atomic mass is 10.2. The summed E-state index contributed by atoms with van der Waals surface area (Å²) in [6.45, 7) is 1.39. The molecule has 5 aromatic rings. The molecule has 0 fully saturated rings. The van der Waals surface area contributed by atoms with Crippen LogP contribution in [0.15, 0.2) is 146 Å². The highest BCUT2D eigenvalue weighted by molar-refractivity contribution is 7.95. The van der Waals surface area contributed by atoms with Crippen molar-refractivity contribution in [3.8, 4) is 11.5 Å². The van der Waals surface area contributed by atoms with Crippen molar-refractivity contribution >= 4 is 23.2 Å². The zero-order chi connectivity index (χ0) is 25.9. The Hall–Kier alpha value is -3.87. The molecule has 0 spiro atoms. The van der Waals surface area contributed by atoms with Crippen LogP contribution in [0.4, 0.5) is 0 Å². The van der Waals surface area contributed by atoms with Gasteiger partial charge in [-0.25, -0.2) is 0 Å². The highest BCUT2D eigenvalue weighted by Gasteiger charge is 2.45. The fraction of sp³-hybridized carbons (Fsp3) is 0.143. The highest BCUT2D eigenvalue weighted by atomic mass is 31.2. The Bertz CT molecular complexity index is 1260. The first-order valence-electron chi connectivity index (χ1n) is 13.3. The zero-order valence-electron chi connectivity index (χ0n) is 21.7. The summed E-state index contributed by atoms with van der Waals surface area (Å²) in [7, 11) is -1.90. The topological polar surface area (TPSA) is 18.5 Å². The van der Waals surface area contributed by atoms with Crippen molar-refractivity contribution in [2.45, 2.75) is 19.0 Å². The summed E-state index contributed by atoms with van der Waals surface area (Å²) in [6.07, 6.45) is 2.88. The molecular weight excluding hydrogens is 483 g/mol. The fourth-order valence-electron chi connectivity index (χ4n) is 4.83. The van der Waals surface area contributed by atoms with Crippen LogP contribution in [0.2, 0.25) is 0 Å². The predicted molar refractivity (Wildman–Crippen MR) is 162 cm³/mol. The van der Waals surface area contributed by atoms with Crippen LogP contribution >= 0.6 is 7.26 Å². The molecule has 0 aliphatic heterocycles. The van der Waals surface area contributed by atoms with Crippen LogP contribution < -0.4 is 25.4 Å². The van der Waals surface area contributed by atoms with Crippen LogP contribution in [-0.4, -0.2) is 13.2 Å². The Balaban J connectivity index is 1.29. The number of ether oxygens (including phenoxy) is 2. The molecule has 0 aliphatic carbocycles. The average molecular weight is 518 g/mol. The molecule has 0 saturated carbocycles. The molecule has 2 nitrogen and oxygen atoms in total. The Morgan fingerprint density at radius 3 is 1.18 bits per heavy atom. The average Bonchev–Trinajstić information content (AvgIpc) is 3.00. The van der Waals surface area contributed by atoms with Gasteiger partial charge >= 0.3 is 0 Å². The van der Waals surface area contributed by atoms with Gasteiger partial charge in [0.25, 0.3) is 0 Å². The first kappa shape index (κ1) is 25.8. The molecule has 0 aromatic heterocycles. The van der Waals surface area contributed by atoms with Crippen LogP contribution in [0.5, 0.6) is 11.5 Å². The van der Waals surface area contributed by atoms with Gasteiger partial charge in [-0.1, -0.05) is 84.9 Å². The third-order valence-corrected chi connectivity index (χ3v) is 11.1. The molecular formula is C35H34O2P+. The molecule has 0 bridgehead atoms. The van der Waals surface area contributed by atoms with E-state index in [1.165, 1.54) is 21.5 Å². The fourth-order valence-corrected chi connectivity index (χ4v) is 9.08. The number of benzene rings is 5. The summed E-state index contributed by atoms with van der Waals surface area (Å²) in [4.78, 5) is 0. The molecule has 0 heterocycles. The van der Waals surface area contributed by atoms with Crippen molar-refractivity contribution in [2.24, 2.45) is 0 Å². The molecule has 0 amide bonds. The van der Waals surface area contributed by atoms with Crippen LogP contribution in [-0.2, 0) is 6.16 Å². The molecule has 0 saturated heterocycles. The van der Waals surface area contributed by atoms with E-state index in [4.69, 9.17) is 9.47 Å². The third-order valence-electron chi connectivity index (χ3n) is 6.75. The van der Waals surface area contributed by atoms with Crippen LogP contribution in [0.25, 0.3) is 0 Å². The molecule has 3 heteroatoms. The van der Waals surface area contributed by atoms with E-state index < -0.39 is 7.26 Å². The predicted octanol–water partition coefficient (Wildman–Crippen LogP) is 7.42. The van der Waals surface area contributed by atoms with Crippen LogP contribution in [0, 0.1) is 0 Å². The monoisotopic (exact) mass is 517 g/mol. The van der Waals surface area contributed by atoms with E-state index in [1.54, 1.807) is 0 Å². The molecule has 0 unspecified atom stereocenters. The summed E-state index contributed by atoms with van der Waals surface area (Å²) in [5.41, 5.74) is 1.32. The molecule has 0 radical (unpaired) electrons. The SMILES string of the molecule is c1ccc(OCCCCOc2ccc(C[P+](c3ccccc3)(c3ccccc3)c3ccccc3)cc2)cc1. The quantitative estimate of drug-likeness (QED) is 0.127. The van der Waals surface area contributed by atoms with Gasteiger partial charge in [-0.15, -0.1) is 0 Å². The standard InChI is InChI=1S/C35H34O2P/c1-5-15-31(16-6-1)36-27-13-14-28-37-32-25-23-30(24-26-32)29-38(33-17-7-2-8-18-33,34-19-9-3-10-20-34)35-21-11-4-12-22-35/h1-12,15-26H,13-14,27-29H2/q+1.